The van der Waals surface area contributed by atoms with Crippen molar-refractivity contribution < 1.29 is 9.90 Å². The Morgan fingerprint density at radius 3 is 2.60 bits per heavy atom. The van der Waals surface area contributed by atoms with Crippen LogP contribution in [0.3, 0.4) is 0 Å². The Balaban J connectivity index is 1.92. The molecule has 86 valence electrons. The van der Waals surface area contributed by atoms with Gasteiger partial charge in [-0.05, 0) is 25.3 Å². The molecule has 2 atom stereocenters. The Bertz CT molecular complexity index is 239. The van der Waals surface area contributed by atoms with Crippen LogP contribution in [0.1, 0.15) is 25.7 Å². The van der Waals surface area contributed by atoms with Crippen molar-refractivity contribution in [2.45, 2.75) is 31.8 Å². The van der Waals surface area contributed by atoms with Gasteiger partial charge in [0.15, 0.2) is 0 Å². The zero-order valence-electron chi connectivity index (χ0n) is 9.06. The molecule has 1 heterocycles. The molecule has 15 heavy (non-hydrogen) atoms. The smallest absolute Gasteiger partial charge is 0.226 e. The second-order valence-electron chi connectivity index (χ2n) is 4.78. The van der Waals surface area contributed by atoms with Crippen LogP contribution < -0.4 is 5.73 Å². The third-order valence-electron chi connectivity index (χ3n) is 3.70. The molecule has 0 bridgehead atoms. The number of carbonyl (C=O) groups excluding carboxylic acids is 1. The first-order valence-corrected chi connectivity index (χ1v) is 5.89. The van der Waals surface area contributed by atoms with Crippen molar-refractivity contribution in [3.05, 3.63) is 0 Å². The van der Waals surface area contributed by atoms with Crippen LogP contribution in [0.15, 0.2) is 0 Å². The lowest BCUT2D eigenvalue weighted by Gasteiger charge is -2.41. The number of carbonyl (C=O) groups is 1. The van der Waals surface area contributed by atoms with Crippen LogP contribution >= 0.6 is 0 Å². The van der Waals surface area contributed by atoms with Crippen LogP contribution in [0, 0.1) is 11.8 Å². The van der Waals surface area contributed by atoms with E-state index in [4.69, 9.17) is 5.73 Å². The summed E-state index contributed by atoms with van der Waals surface area (Å²) in [6.07, 6.45) is 4.11. The average Bonchev–Trinajstić information content (AvgIpc) is 2.24. The predicted molar refractivity (Wildman–Crippen MR) is 57.1 cm³/mol. The van der Waals surface area contributed by atoms with Crippen molar-refractivity contribution in [1.82, 2.24) is 4.90 Å². The Morgan fingerprint density at radius 2 is 2.00 bits per heavy atom. The van der Waals surface area contributed by atoms with E-state index in [1.807, 2.05) is 0 Å². The van der Waals surface area contributed by atoms with Crippen LogP contribution in [0.2, 0.25) is 0 Å². The van der Waals surface area contributed by atoms with Gasteiger partial charge < -0.3 is 15.7 Å². The largest absolute Gasteiger partial charge is 0.389 e. The van der Waals surface area contributed by atoms with Crippen molar-refractivity contribution in [2.75, 3.05) is 19.6 Å². The number of hydrogen-bond acceptors (Lipinski definition) is 3. The monoisotopic (exact) mass is 212 g/mol. The topological polar surface area (TPSA) is 66.6 Å². The van der Waals surface area contributed by atoms with Crippen molar-refractivity contribution in [2.24, 2.45) is 17.6 Å². The van der Waals surface area contributed by atoms with E-state index in [1.54, 1.807) is 4.90 Å². The highest BCUT2D eigenvalue weighted by Crippen LogP contribution is 2.31. The summed E-state index contributed by atoms with van der Waals surface area (Å²) in [5.41, 5.74) is 5.70. The summed E-state index contributed by atoms with van der Waals surface area (Å²) in [5, 5.41) is 9.17. The molecular formula is C11H20N2O2. The summed E-state index contributed by atoms with van der Waals surface area (Å²) >= 11 is 0. The van der Waals surface area contributed by atoms with Gasteiger partial charge in [-0.25, -0.2) is 0 Å². The fourth-order valence-corrected chi connectivity index (χ4v) is 2.68. The molecule has 0 aromatic carbocycles. The van der Waals surface area contributed by atoms with Crippen LogP contribution in [-0.2, 0) is 4.79 Å². The minimum atomic E-state index is -0.297. The maximum absolute atomic E-state index is 12.1. The van der Waals surface area contributed by atoms with Crippen molar-refractivity contribution in [3.8, 4) is 0 Å². The Labute approximate surface area is 90.4 Å². The van der Waals surface area contributed by atoms with Crippen molar-refractivity contribution >= 4 is 5.91 Å². The van der Waals surface area contributed by atoms with Gasteiger partial charge in [0.05, 0.1) is 6.10 Å². The number of nitrogens with two attached hydrogens (primary N) is 1. The van der Waals surface area contributed by atoms with E-state index in [9.17, 15) is 9.90 Å². The minimum absolute atomic E-state index is 0.122. The number of hydrogen-bond donors (Lipinski definition) is 2. The number of β-amino-alcohol motifs (C(OH)–C–C–N with tert-alkyl or cyclic N) is 1. The number of rotatable bonds is 2. The molecule has 3 N–H and O–H groups in total. The first-order chi connectivity index (χ1) is 7.22. The minimum Gasteiger partial charge on any atom is -0.389 e. The second-order valence-corrected chi connectivity index (χ2v) is 4.78. The van der Waals surface area contributed by atoms with Crippen LogP contribution in [-0.4, -0.2) is 41.7 Å². The molecule has 2 aliphatic rings. The van der Waals surface area contributed by atoms with Gasteiger partial charge >= 0.3 is 0 Å². The van der Waals surface area contributed by atoms with E-state index in [2.05, 4.69) is 0 Å². The number of amides is 1. The lowest BCUT2D eigenvalue weighted by molar-refractivity contribution is -0.148. The molecule has 4 nitrogen and oxygen atoms in total. The maximum Gasteiger partial charge on any atom is 0.226 e. The first kappa shape index (κ1) is 10.9. The molecule has 2 fully saturated rings. The van der Waals surface area contributed by atoms with Gasteiger partial charge in [-0.15, -0.1) is 0 Å². The highest BCUT2D eigenvalue weighted by Gasteiger charge is 2.37. The summed E-state index contributed by atoms with van der Waals surface area (Å²) in [6.45, 7) is 1.66. The molecule has 1 saturated carbocycles. The summed E-state index contributed by atoms with van der Waals surface area (Å²) < 4.78 is 0. The van der Waals surface area contributed by atoms with Gasteiger partial charge in [0.2, 0.25) is 5.91 Å². The van der Waals surface area contributed by atoms with E-state index < -0.39 is 0 Å². The van der Waals surface area contributed by atoms with E-state index in [1.165, 1.54) is 6.42 Å². The maximum atomic E-state index is 12.1. The van der Waals surface area contributed by atoms with E-state index >= 15 is 0 Å². The Kier molecular flexibility index (Phi) is 3.26. The van der Waals surface area contributed by atoms with Gasteiger partial charge in [-0.1, -0.05) is 12.8 Å². The van der Waals surface area contributed by atoms with Crippen molar-refractivity contribution in [1.29, 1.82) is 0 Å². The molecule has 4 heteroatoms. The molecule has 0 radical (unpaired) electrons. The van der Waals surface area contributed by atoms with E-state index in [-0.39, 0.29) is 17.9 Å². The molecule has 1 amide bonds. The molecule has 0 spiro atoms. The number of likely N-dealkylation sites (tertiary alicyclic amines) is 1. The van der Waals surface area contributed by atoms with Gasteiger partial charge in [0.25, 0.3) is 0 Å². The fourth-order valence-electron chi connectivity index (χ4n) is 2.68. The molecule has 2 unspecified atom stereocenters. The van der Waals surface area contributed by atoms with Gasteiger partial charge in [-0.2, -0.15) is 0 Å². The molecule has 1 aliphatic heterocycles. The quantitative estimate of drug-likeness (QED) is 0.674. The van der Waals surface area contributed by atoms with Crippen molar-refractivity contribution in [3.63, 3.8) is 0 Å². The van der Waals surface area contributed by atoms with Gasteiger partial charge in [0, 0.05) is 19.0 Å². The van der Waals surface area contributed by atoms with E-state index in [0.29, 0.717) is 25.6 Å². The summed E-state index contributed by atoms with van der Waals surface area (Å²) in [6, 6.07) is 0. The third kappa shape index (κ3) is 2.16. The number of aliphatic hydroxyl groups excluding tert-OH is 1. The molecule has 0 aromatic rings. The van der Waals surface area contributed by atoms with Gasteiger partial charge in [0.1, 0.15) is 0 Å². The van der Waals surface area contributed by atoms with E-state index in [0.717, 1.165) is 19.3 Å². The SMILES string of the molecule is NCC1CCCCC1C(=O)N1CC(O)C1. The lowest BCUT2D eigenvalue weighted by Crippen LogP contribution is -2.56. The van der Waals surface area contributed by atoms with Gasteiger partial charge in [-0.3, -0.25) is 4.79 Å². The molecular weight excluding hydrogens is 192 g/mol. The molecule has 0 aromatic heterocycles. The zero-order chi connectivity index (χ0) is 10.8. The van der Waals surface area contributed by atoms with Crippen LogP contribution in [0.25, 0.3) is 0 Å². The summed E-state index contributed by atoms with van der Waals surface area (Å²) in [5.74, 6) is 0.704. The Morgan fingerprint density at radius 1 is 1.33 bits per heavy atom. The predicted octanol–water partition coefficient (Wildman–Crippen LogP) is -0.0454. The number of nitrogens with zero attached hydrogens (tertiary/aromatic N) is 1. The van der Waals surface area contributed by atoms with Crippen LogP contribution in [0.4, 0.5) is 0 Å². The molecule has 1 aliphatic carbocycles. The standard InChI is InChI=1S/C11H20N2O2/c12-5-8-3-1-2-4-10(8)11(15)13-6-9(14)7-13/h8-10,14H,1-7,12H2. The first-order valence-electron chi connectivity index (χ1n) is 5.89. The lowest BCUT2D eigenvalue weighted by atomic mass is 9.78. The zero-order valence-corrected chi connectivity index (χ0v) is 9.06. The summed E-state index contributed by atoms with van der Waals surface area (Å²) in [7, 11) is 0. The highest BCUT2D eigenvalue weighted by atomic mass is 16.3. The number of aliphatic hydroxyl groups is 1. The third-order valence-corrected chi connectivity index (χ3v) is 3.70. The summed E-state index contributed by atoms with van der Waals surface area (Å²) in [4.78, 5) is 13.8. The molecule has 1 saturated heterocycles. The Hall–Kier alpha value is -0.610. The average molecular weight is 212 g/mol. The van der Waals surface area contributed by atoms with Crippen LogP contribution in [0.5, 0.6) is 0 Å². The normalized spacial score (nSPS) is 32.5. The molecule has 2 rings (SSSR count). The second kappa shape index (κ2) is 4.49. The highest BCUT2D eigenvalue weighted by molar-refractivity contribution is 5.80. The fraction of sp³-hybridized carbons (Fsp3) is 0.909.